The van der Waals surface area contributed by atoms with Gasteiger partial charge in [0.15, 0.2) is 17.5 Å². The second kappa shape index (κ2) is 10.5. The van der Waals surface area contributed by atoms with Crippen molar-refractivity contribution >= 4 is 17.6 Å². The Morgan fingerprint density at radius 1 is 1.17 bits per heavy atom. The topological polar surface area (TPSA) is 154 Å². The number of amides is 2. The Hall–Kier alpha value is -4.94. The van der Waals surface area contributed by atoms with Gasteiger partial charge in [-0.15, -0.1) is 0 Å². The Morgan fingerprint density at radius 3 is 2.67 bits per heavy atom. The van der Waals surface area contributed by atoms with Gasteiger partial charge in [-0.05, 0) is 12.1 Å². The molecule has 0 spiro atoms. The van der Waals surface area contributed by atoms with E-state index < -0.39 is 23.4 Å². The Balaban J connectivity index is 1.70. The first-order valence-corrected chi connectivity index (χ1v) is 10.6. The number of hydrogen-bond acceptors (Lipinski definition) is 8. The van der Waals surface area contributed by atoms with Gasteiger partial charge in [0.25, 0.3) is 0 Å². The SMILES string of the molecule is CNC(=O)/C(=C\Nc1nc(-c2cc(-c3ccon3)n(Cc3ccccc3F)n2)ncc1F)CC(N)=O. The number of nitrogens with one attached hydrogen (secondary N) is 2. The number of likely N-dealkylation sites (N-methyl/N-ethyl adjacent to an activating group) is 1. The van der Waals surface area contributed by atoms with Crippen molar-refractivity contribution in [2.24, 2.45) is 5.73 Å². The van der Waals surface area contributed by atoms with Crippen LogP contribution in [0.2, 0.25) is 0 Å². The molecular formula is C23H20F2N8O3. The van der Waals surface area contributed by atoms with E-state index in [1.807, 2.05) is 0 Å². The van der Waals surface area contributed by atoms with E-state index in [0.29, 0.717) is 17.0 Å². The van der Waals surface area contributed by atoms with E-state index in [0.717, 1.165) is 12.4 Å². The molecule has 36 heavy (non-hydrogen) atoms. The molecule has 0 bridgehead atoms. The van der Waals surface area contributed by atoms with Gasteiger partial charge in [-0.3, -0.25) is 14.3 Å². The van der Waals surface area contributed by atoms with Gasteiger partial charge in [-0.25, -0.2) is 18.7 Å². The summed E-state index contributed by atoms with van der Waals surface area (Å²) in [4.78, 5) is 31.4. The van der Waals surface area contributed by atoms with E-state index in [9.17, 15) is 18.4 Å². The van der Waals surface area contributed by atoms with E-state index in [4.69, 9.17) is 10.3 Å². The minimum atomic E-state index is -0.812. The second-order valence-electron chi connectivity index (χ2n) is 7.47. The summed E-state index contributed by atoms with van der Waals surface area (Å²) >= 11 is 0. The van der Waals surface area contributed by atoms with Crippen molar-refractivity contribution in [3.8, 4) is 22.9 Å². The Labute approximate surface area is 203 Å². The Bertz CT molecular complexity index is 1430. The molecule has 4 aromatic rings. The third-order valence-electron chi connectivity index (χ3n) is 5.00. The van der Waals surface area contributed by atoms with Gasteiger partial charge < -0.3 is 20.9 Å². The van der Waals surface area contributed by atoms with Gasteiger partial charge in [0.05, 0.1) is 24.9 Å². The molecule has 0 aliphatic carbocycles. The standard InChI is InChI=1S/C23H20F2N8O3/c1-27-23(35)14(8-20(26)34)10-28-21-16(25)11-29-22(30-21)18-9-19(17-6-7-36-32-17)33(31-18)12-13-4-2-3-5-15(13)24/h2-7,9-11H,8,12H2,1H3,(H2,26,34)(H,27,35)(H,28,29,30)/b14-10-. The first kappa shape index (κ1) is 24.2. The summed E-state index contributed by atoms with van der Waals surface area (Å²) in [6.07, 6.45) is 3.08. The first-order valence-electron chi connectivity index (χ1n) is 10.6. The normalized spacial score (nSPS) is 11.4. The molecule has 13 heteroatoms. The maximum Gasteiger partial charge on any atom is 0.248 e. The average Bonchev–Trinajstić information content (AvgIpc) is 3.53. The fourth-order valence-electron chi connectivity index (χ4n) is 3.28. The third-order valence-corrected chi connectivity index (χ3v) is 5.00. The number of nitrogens with zero attached hydrogens (tertiary/aromatic N) is 5. The summed E-state index contributed by atoms with van der Waals surface area (Å²) in [5.41, 5.74) is 6.72. The van der Waals surface area contributed by atoms with E-state index >= 15 is 0 Å². The number of rotatable bonds is 9. The predicted octanol–water partition coefficient (Wildman–Crippen LogP) is 2.24. The number of halogens is 2. The zero-order valence-electron chi connectivity index (χ0n) is 18.9. The molecular weight excluding hydrogens is 474 g/mol. The molecule has 0 unspecified atom stereocenters. The van der Waals surface area contributed by atoms with Crippen molar-refractivity contribution in [1.29, 1.82) is 0 Å². The molecule has 0 saturated carbocycles. The highest BCUT2D eigenvalue weighted by Crippen LogP contribution is 2.26. The number of aromatic nitrogens is 5. The fourth-order valence-corrected chi connectivity index (χ4v) is 3.28. The van der Waals surface area contributed by atoms with Gasteiger partial charge in [0.1, 0.15) is 23.5 Å². The van der Waals surface area contributed by atoms with Crippen molar-refractivity contribution < 1.29 is 22.9 Å². The van der Waals surface area contributed by atoms with Gasteiger partial charge in [-0.1, -0.05) is 23.4 Å². The van der Waals surface area contributed by atoms with Crippen LogP contribution in [0.1, 0.15) is 12.0 Å². The third kappa shape index (κ3) is 5.41. The lowest BCUT2D eigenvalue weighted by Gasteiger charge is -2.07. The summed E-state index contributed by atoms with van der Waals surface area (Å²) in [7, 11) is 1.38. The van der Waals surface area contributed by atoms with Crippen molar-refractivity contribution in [2.45, 2.75) is 13.0 Å². The highest BCUT2D eigenvalue weighted by Gasteiger charge is 2.18. The number of carbonyl (C=O) groups excluding carboxylic acids is 2. The molecule has 0 aliphatic rings. The molecule has 2 amide bonds. The minimum absolute atomic E-state index is 0.0213. The molecule has 0 radical (unpaired) electrons. The molecule has 4 rings (SSSR count). The van der Waals surface area contributed by atoms with Gasteiger partial charge in [0, 0.05) is 30.5 Å². The fraction of sp³-hybridized carbons (Fsp3) is 0.130. The number of benzene rings is 1. The van der Waals surface area contributed by atoms with Crippen LogP contribution in [0.15, 0.2) is 65.2 Å². The molecule has 0 aliphatic heterocycles. The summed E-state index contributed by atoms with van der Waals surface area (Å²) < 4.78 is 35.1. The van der Waals surface area contributed by atoms with Crippen LogP contribution in [0.25, 0.3) is 22.9 Å². The van der Waals surface area contributed by atoms with Crippen LogP contribution in [-0.4, -0.2) is 43.8 Å². The highest BCUT2D eigenvalue weighted by molar-refractivity contribution is 5.98. The lowest BCUT2D eigenvalue weighted by molar-refractivity contribution is -0.121. The van der Waals surface area contributed by atoms with Crippen molar-refractivity contribution in [3.05, 3.63) is 77.8 Å². The molecule has 0 fully saturated rings. The monoisotopic (exact) mass is 494 g/mol. The van der Waals surface area contributed by atoms with Crippen LogP contribution in [0.5, 0.6) is 0 Å². The van der Waals surface area contributed by atoms with Gasteiger partial charge in [0.2, 0.25) is 11.8 Å². The number of carbonyl (C=O) groups is 2. The number of nitrogens with two attached hydrogens (primary N) is 1. The largest absolute Gasteiger partial charge is 0.369 e. The molecule has 1 aromatic carbocycles. The lowest BCUT2D eigenvalue weighted by Crippen LogP contribution is -2.24. The maximum atomic E-state index is 14.4. The van der Waals surface area contributed by atoms with Crippen LogP contribution in [0, 0.1) is 11.6 Å². The second-order valence-corrected chi connectivity index (χ2v) is 7.47. The van der Waals surface area contributed by atoms with Crippen LogP contribution in [0.4, 0.5) is 14.6 Å². The lowest BCUT2D eigenvalue weighted by atomic mass is 10.2. The Kier molecular flexibility index (Phi) is 7.09. The van der Waals surface area contributed by atoms with E-state index in [1.54, 1.807) is 30.3 Å². The number of primary amides is 1. The molecule has 184 valence electrons. The quantitative estimate of drug-likeness (QED) is 0.299. The molecule has 3 heterocycles. The first-order chi connectivity index (χ1) is 17.4. The Morgan fingerprint density at radius 2 is 1.97 bits per heavy atom. The van der Waals surface area contributed by atoms with Crippen LogP contribution in [0.3, 0.4) is 0 Å². The molecule has 0 saturated heterocycles. The van der Waals surface area contributed by atoms with Crippen molar-refractivity contribution in [2.75, 3.05) is 12.4 Å². The van der Waals surface area contributed by atoms with Crippen molar-refractivity contribution in [3.63, 3.8) is 0 Å². The van der Waals surface area contributed by atoms with Crippen LogP contribution >= 0.6 is 0 Å². The summed E-state index contributed by atoms with van der Waals surface area (Å²) in [6, 6.07) is 9.48. The number of hydrogen-bond donors (Lipinski definition) is 3. The summed E-state index contributed by atoms with van der Waals surface area (Å²) in [5, 5.41) is 13.3. The maximum absolute atomic E-state index is 14.4. The molecule has 11 nitrogen and oxygen atoms in total. The van der Waals surface area contributed by atoms with Gasteiger partial charge >= 0.3 is 0 Å². The smallest absolute Gasteiger partial charge is 0.248 e. The average molecular weight is 494 g/mol. The highest BCUT2D eigenvalue weighted by atomic mass is 19.1. The van der Waals surface area contributed by atoms with E-state index in [-0.39, 0.29) is 35.9 Å². The summed E-state index contributed by atoms with van der Waals surface area (Å²) in [6.45, 7) is 0.0759. The minimum Gasteiger partial charge on any atom is -0.369 e. The van der Waals surface area contributed by atoms with E-state index in [1.165, 1.54) is 24.1 Å². The zero-order chi connectivity index (χ0) is 25.7. The molecule has 4 N–H and O–H groups in total. The summed E-state index contributed by atoms with van der Waals surface area (Å²) in [5.74, 6) is -2.75. The number of anilines is 1. The van der Waals surface area contributed by atoms with Gasteiger partial charge in [-0.2, -0.15) is 5.10 Å². The molecule has 3 aromatic heterocycles. The predicted molar refractivity (Wildman–Crippen MR) is 124 cm³/mol. The zero-order valence-corrected chi connectivity index (χ0v) is 18.9. The van der Waals surface area contributed by atoms with E-state index in [2.05, 4.69) is 30.9 Å². The van der Waals surface area contributed by atoms with Crippen LogP contribution < -0.4 is 16.4 Å². The van der Waals surface area contributed by atoms with Crippen LogP contribution in [-0.2, 0) is 16.1 Å². The molecule has 0 atom stereocenters. The van der Waals surface area contributed by atoms with Crippen molar-refractivity contribution in [1.82, 2.24) is 30.2 Å².